The predicted molar refractivity (Wildman–Crippen MR) is 129 cm³/mol. The molecule has 0 unspecified atom stereocenters. The molecule has 0 saturated carbocycles. The number of phenolic OH excluding ortho intramolecular Hbond substituents is 1. The Morgan fingerprint density at radius 3 is 2.38 bits per heavy atom. The van der Waals surface area contributed by atoms with E-state index < -0.39 is 10.1 Å². The number of aromatic hydroxyl groups is 1. The first-order valence-electron chi connectivity index (χ1n) is 10.3. The molecule has 3 N–H and O–H groups in total. The third-order valence-corrected chi connectivity index (χ3v) is 6.58. The number of phenols is 1. The van der Waals surface area contributed by atoms with E-state index in [-0.39, 0.29) is 21.4 Å². The summed E-state index contributed by atoms with van der Waals surface area (Å²) in [5.41, 5.74) is 3.03. The van der Waals surface area contributed by atoms with E-state index in [9.17, 15) is 18.1 Å². The van der Waals surface area contributed by atoms with Gasteiger partial charge in [-0.1, -0.05) is 36.4 Å². The molecule has 9 heteroatoms. The summed E-state index contributed by atoms with van der Waals surface area (Å²) >= 11 is 0. The van der Waals surface area contributed by atoms with Gasteiger partial charge in [0.1, 0.15) is 33.5 Å². The maximum Gasteiger partial charge on any atom is 0.295 e. The fourth-order valence-electron chi connectivity index (χ4n) is 4.19. The molecule has 0 spiro atoms. The number of aromatic amines is 1. The Labute approximate surface area is 195 Å². The summed E-state index contributed by atoms with van der Waals surface area (Å²) in [6.07, 6.45) is 0. The van der Waals surface area contributed by atoms with E-state index in [1.807, 2.05) is 42.5 Å². The number of ether oxygens (including phenoxy) is 2. The molecule has 1 heterocycles. The molecular weight excluding hydrogens is 456 g/mol. The normalized spacial score (nSPS) is 11.7. The summed E-state index contributed by atoms with van der Waals surface area (Å²) in [6, 6.07) is 18.9. The Hall–Kier alpha value is -4.08. The molecule has 0 amide bonds. The Morgan fingerprint density at radius 2 is 1.65 bits per heavy atom. The lowest BCUT2D eigenvalue weighted by molar-refractivity contribution is 0.414. The van der Waals surface area contributed by atoms with Gasteiger partial charge in [0.2, 0.25) is 0 Å². The number of rotatable bonds is 5. The number of H-pyrrole nitrogens is 1. The maximum absolute atomic E-state index is 12.0. The topological polar surface area (TPSA) is 122 Å². The summed E-state index contributed by atoms with van der Waals surface area (Å²) in [5.74, 6) is 1.52. The van der Waals surface area contributed by atoms with Gasteiger partial charge in [0.05, 0.1) is 30.7 Å². The molecule has 0 aliphatic carbocycles. The average molecular weight is 477 g/mol. The molecule has 0 radical (unpaired) electrons. The van der Waals surface area contributed by atoms with Crippen LogP contribution in [0, 0.1) is 0 Å². The predicted octanol–water partition coefficient (Wildman–Crippen LogP) is 5.02. The number of para-hydroxylation sites is 1. The Kier molecular flexibility index (Phi) is 5.15. The van der Waals surface area contributed by atoms with Crippen molar-refractivity contribution in [1.29, 1.82) is 0 Å². The van der Waals surface area contributed by atoms with Gasteiger partial charge in [-0.05, 0) is 35.9 Å². The van der Waals surface area contributed by atoms with E-state index in [0.717, 1.165) is 11.1 Å². The number of hydrogen-bond donors (Lipinski definition) is 3. The van der Waals surface area contributed by atoms with Gasteiger partial charge in [-0.2, -0.15) is 8.42 Å². The fourth-order valence-corrected chi connectivity index (χ4v) is 4.90. The molecule has 5 rings (SSSR count). The van der Waals surface area contributed by atoms with Crippen LogP contribution in [0.4, 0.5) is 0 Å². The second-order valence-electron chi connectivity index (χ2n) is 7.65. The molecular formula is C25H20N2O6S. The van der Waals surface area contributed by atoms with Gasteiger partial charge >= 0.3 is 0 Å². The second kappa shape index (κ2) is 8.05. The quantitative estimate of drug-likeness (QED) is 0.305. The molecule has 1 aromatic heterocycles. The summed E-state index contributed by atoms with van der Waals surface area (Å²) in [4.78, 5) is 7.47. The van der Waals surface area contributed by atoms with E-state index in [0.29, 0.717) is 33.9 Å². The molecule has 0 saturated heterocycles. The van der Waals surface area contributed by atoms with Gasteiger partial charge in [0.25, 0.3) is 10.1 Å². The van der Waals surface area contributed by atoms with E-state index in [1.54, 1.807) is 14.2 Å². The number of benzene rings is 4. The van der Waals surface area contributed by atoms with Crippen LogP contribution in [0.5, 0.6) is 17.2 Å². The lowest BCUT2D eigenvalue weighted by atomic mass is 10.0. The first-order valence-corrected chi connectivity index (χ1v) is 11.7. The van der Waals surface area contributed by atoms with Crippen molar-refractivity contribution in [3.05, 3.63) is 66.7 Å². The van der Waals surface area contributed by atoms with E-state index in [1.165, 1.54) is 24.3 Å². The van der Waals surface area contributed by atoms with Crippen LogP contribution >= 0.6 is 0 Å². The van der Waals surface area contributed by atoms with Gasteiger partial charge in [0, 0.05) is 10.9 Å². The second-order valence-corrected chi connectivity index (χ2v) is 9.04. The minimum Gasteiger partial charge on any atom is -0.507 e. The van der Waals surface area contributed by atoms with E-state index >= 15 is 0 Å². The van der Waals surface area contributed by atoms with Crippen molar-refractivity contribution in [2.45, 2.75) is 4.90 Å². The zero-order chi connectivity index (χ0) is 24.0. The number of nitrogens with one attached hydrogen (secondary N) is 1. The highest BCUT2D eigenvalue weighted by Gasteiger charge is 2.22. The fraction of sp³-hybridized carbons (Fsp3) is 0.0800. The van der Waals surface area contributed by atoms with Crippen LogP contribution in [-0.2, 0) is 10.1 Å². The highest BCUT2D eigenvalue weighted by Crippen LogP contribution is 2.41. The zero-order valence-corrected chi connectivity index (χ0v) is 19.1. The lowest BCUT2D eigenvalue weighted by Gasteiger charge is -2.13. The van der Waals surface area contributed by atoms with Crippen molar-refractivity contribution < 1.29 is 27.6 Å². The smallest absolute Gasteiger partial charge is 0.295 e. The number of fused-ring (bicyclic) bond motifs is 3. The molecule has 8 nitrogen and oxygen atoms in total. The van der Waals surface area contributed by atoms with Crippen molar-refractivity contribution in [3.8, 4) is 39.8 Å². The standard InChI is InChI=1S/C25H20N2O6S/c1-32-15-7-3-6-14(12-15)16-8-4-10-18(24(16)33-2)25-26-19-13-21(34(29,30)31)17-9-5-11-20(28)22(17)23(19)27-25/h3-13,28H,1-2H3,(H,26,27)(H,29,30,31). The van der Waals surface area contributed by atoms with Crippen LogP contribution in [0.3, 0.4) is 0 Å². The molecule has 0 bridgehead atoms. The minimum absolute atomic E-state index is 0.150. The van der Waals surface area contributed by atoms with Crippen molar-refractivity contribution in [2.24, 2.45) is 0 Å². The summed E-state index contributed by atoms with van der Waals surface area (Å²) in [6.45, 7) is 0. The molecule has 4 aromatic carbocycles. The molecule has 172 valence electrons. The number of aromatic nitrogens is 2. The number of methoxy groups -OCH3 is 2. The van der Waals surface area contributed by atoms with Gasteiger partial charge in [-0.25, -0.2) is 4.98 Å². The zero-order valence-electron chi connectivity index (χ0n) is 18.2. The maximum atomic E-state index is 12.0. The molecule has 0 aliphatic heterocycles. The molecule has 34 heavy (non-hydrogen) atoms. The summed E-state index contributed by atoms with van der Waals surface area (Å²) in [5, 5.41) is 10.9. The highest BCUT2D eigenvalue weighted by molar-refractivity contribution is 7.86. The third kappa shape index (κ3) is 3.51. The van der Waals surface area contributed by atoms with Crippen molar-refractivity contribution in [3.63, 3.8) is 0 Å². The number of hydrogen-bond acceptors (Lipinski definition) is 6. The van der Waals surface area contributed by atoms with Gasteiger partial charge < -0.3 is 19.6 Å². The molecule has 5 aromatic rings. The molecule has 0 aliphatic rings. The SMILES string of the molecule is COc1cccc(-c2cccc(-c3nc4c(cc(S(=O)(=O)O)c5cccc(O)c54)[nH]3)c2OC)c1. The van der Waals surface area contributed by atoms with Crippen LogP contribution in [-0.4, -0.2) is 42.3 Å². The Balaban J connectivity index is 1.79. The Bertz CT molecular complexity index is 1670. The monoisotopic (exact) mass is 476 g/mol. The van der Waals surface area contributed by atoms with Crippen LogP contribution < -0.4 is 9.47 Å². The van der Waals surface area contributed by atoms with E-state index in [4.69, 9.17) is 9.47 Å². The van der Waals surface area contributed by atoms with Gasteiger partial charge in [-0.3, -0.25) is 4.55 Å². The van der Waals surface area contributed by atoms with Crippen molar-refractivity contribution in [2.75, 3.05) is 14.2 Å². The van der Waals surface area contributed by atoms with Gasteiger partial charge in [0.15, 0.2) is 0 Å². The van der Waals surface area contributed by atoms with Crippen molar-refractivity contribution in [1.82, 2.24) is 9.97 Å². The summed E-state index contributed by atoms with van der Waals surface area (Å²) in [7, 11) is -1.39. The molecule has 0 atom stereocenters. The molecule has 0 fully saturated rings. The number of nitrogens with zero attached hydrogens (tertiary/aromatic N) is 1. The minimum atomic E-state index is -4.55. The first-order chi connectivity index (χ1) is 16.3. The van der Waals surface area contributed by atoms with Crippen LogP contribution in [0.1, 0.15) is 0 Å². The van der Waals surface area contributed by atoms with E-state index in [2.05, 4.69) is 9.97 Å². The van der Waals surface area contributed by atoms with Crippen molar-refractivity contribution >= 4 is 31.9 Å². The van der Waals surface area contributed by atoms with Crippen LogP contribution in [0.15, 0.2) is 71.6 Å². The highest BCUT2D eigenvalue weighted by atomic mass is 32.2. The van der Waals surface area contributed by atoms with Crippen LogP contribution in [0.2, 0.25) is 0 Å². The number of imidazole rings is 1. The lowest BCUT2D eigenvalue weighted by Crippen LogP contribution is -1.99. The summed E-state index contributed by atoms with van der Waals surface area (Å²) < 4.78 is 45.0. The largest absolute Gasteiger partial charge is 0.507 e. The van der Waals surface area contributed by atoms with Crippen LogP contribution in [0.25, 0.3) is 44.3 Å². The third-order valence-electron chi connectivity index (χ3n) is 5.68. The van der Waals surface area contributed by atoms with Gasteiger partial charge in [-0.15, -0.1) is 0 Å². The average Bonchev–Trinajstić information content (AvgIpc) is 3.26. The first kappa shape index (κ1) is 21.7. The Morgan fingerprint density at radius 1 is 0.912 bits per heavy atom.